The summed E-state index contributed by atoms with van der Waals surface area (Å²) in [6.07, 6.45) is 1.93. The molecule has 0 spiro atoms. The van der Waals surface area contributed by atoms with Crippen molar-refractivity contribution in [1.29, 1.82) is 0 Å². The van der Waals surface area contributed by atoms with Gasteiger partial charge in [-0.05, 0) is 24.0 Å². The Morgan fingerprint density at radius 3 is 2.95 bits per heavy atom. The van der Waals surface area contributed by atoms with Gasteiger partial charge in [0.15, 0.2) is 17.6 Å². The molecule has 0 aliphatic carbocycles. The first-order chi connectivity index (χ1) is 9.15. The van der Waals surface area contributed by atoms with E-state index in [1.807, 2.05) is 0 Å². The first-order valence-electron chi connectivity index (χ1n) is 6.38. The zero-order chi connectivity index (χ0) is 13.8. The third kappa shape index (κ3) is 3.01. The van der Waals surface area contributed by atoms with Gasteiger partial charge < -0.3 is 19.2 Å². The molecule has 6 heteroatoms. The number of hydrogen-bond donors (Lipinski definition) is 1. The molecule has 2 rings (SSSR count). The summed E-state index contributed by atoms with van der Waals surface area (Å²) in [5, 5.41) is 9.53. The summed E-state index contributed by atoms with van der Waals surface area (Å²) in [6, 6.07) is 4.69. The van der Waals surface area contributed by atoms with Crippen molar-refractivity contribution in [3.8, 4) is 11.5 Å². The molecule has 19 heavy (non-hydrogen) atoms. The van der Waals surface area contributed by atoms with E-state index in [4.69, 9.17) is 14.0 Å². The molecule has 0 amide bonds. The Morgan fingerprint density at radius 2 is 2.26 bits per heavy atom. The highest BCUT2D eigenvalue weighted by Crippen LogP contribution is 2.34. The fraction of sp³-hybridized carbons (Fsp3) is 0.462. The molecule has 5 nitrogen and oxygen atoms in total. The van der Waals surface area contributed by atoms with Crippen LogP contribution in [0, 0.1) is 0 Å². The molecule has 1 aromatic carbocycles. The maximum absolute atomic E-state index is 11.8. The smallest absolute Gasteiger partial charge is 0.507 e. The second-order valence-corrected chi connectivity index (χ2v) is 4.46. The average Bonchev–Trinajstić information content (AvgIpc) is 2.78. The van der Waals surface area contributed by atoms with Crippen LogP contribution in [0.15, 0.2) is 18.2 Å². The first-order valence-corrected chi connectivity index (χ1v) is 6.38. The van der Waals surface area contributed by atoms with Gasteiger partial charge in [0.2, 0.25) is 0 Å². The van der Waals surface area contributed by atoms with E-state index in [1.165, 1.54) is 13.2 Å². The highest BCUT2D eigenvalue weighted by atomic mass is 16.7. The number of unbranched alkanes of at least 4 members (excludes halogenated alkanes) is 1. The second kappa shape index (κ2) is 5.97. The van der Waals surface area contributed by atoms with Gasteiger partial charge >= 0.3 is 13.1 Å². The Balaban J connectivity index is 2.11. The molecule has 0 radical (unpaired) electrons. The van der Waals surface area contributed by atoms with Crippen LogP contribution in [0.2, 0.25) is 6.32 Å². The number of ether oxygens (including phenoxy) is 1. The number of carbonyl (C=O) groups is 1. The molecule has 1 heterocycles. The van der Waals surface area contributed by atoms with Crippen LogP contribution in [0.25, 0.3) is 0 Å². The van der Waals surface area contributed by atoms with Crippen LogP contribution in [0.1, 0.15) is 31.4 Å². The molecule has 1 aromatic rings. The molecule has 1 saturated heterocycles. The number of hydrogen-bond acceptors (Lipinski definition) is 5. The number of benzene rings is 1. The lowest BCUT2D eigenvalue weighted by Crippen LogP contribution is -2.13. The van der Waals surface area contributed by atoms with Crippen molar-refractivity contribution in [3.63, 3.8) is 0 Å². The van der Waals surface area contributed by atoms with E-state index in [0.717, 1.165) is 12.8 Å². The molecular weight excluding hydrogens is 247 g/mol. The minimum Gasteiger partial charge on any atom is -0.507 e. The van der Waals surface area contributed by atoms with Crippen LogP contribution in [-0.4, -0.2) is 25.3 Å². The zero-order valence-corrected chi connectivity index (χ0v) is 11.1. The van der Waals surface area contributed by atoms with Gasteiger partial charge in [0.1, 0.15) is 0 Å². The average molecular weight is 264 g/mol. The Bertz CT molecular complexity index is 462. The highest BCUT2D eigenvalue weighted by Gasteiger charge is 2.40. The Labute approximate surface area is 112 Å². The first kappa shape index (κ1) is 13.7. The van der Waals surface area contributed by atoms with Crippen LogP contribution < -0.4 is 4.74 Å². The summed E-state index contributed by atoms with van der Waals surface area (Å²) >= 11 is 0. The fourth-order valence-corrected chi connectivity index (χ4v) is 2.00. The van der Waals surface area contributed by atoms with Crippen molar-refractivity contribution in [2.75, 3.05) is 7.11 Å². The number of phenolic OH excluding ortho intramolecular Hbond substituents is 1. The van der Waals surface area contributed by atoms with Crippen molar-refractivity contribution in [2.24, 2.45) is 0 Å². The van der Waals surface area contributed by atoms with E-state index < -0.39 is 19.2 Å². The van der Waals surface area contributed by atoms with Crippen LogP contribution in [0.3, 0.4) is 0 Å². The van der Waals surface area contributed by atoms with Gasteiger partial charge in [-0.15, -0.1) is 0 Å². The van der Waals surface area contributed by atoms with Gasteiger partial charge in [-0.3, -0.25) is 4.79 Å². The van der Waals surface area contributed by atoms with E-state index in [0.29, 0.717) is 17.6 Å². The zero-order valence-electron chi connectivity index (χ0n) is 11.1. The Hall–Kier alpha value is -1.69. The van der Waals surface area contributed by atoms with Crippen LogP contribution in [0.5, 0.6) is 11.5 Å². The molecule has 1 atom stereocenters. The molecule has 102 valence electrons. The third-order valence-corrected chi connectivity index (χ3v) is 3.05. The Morgan fingerprint density at radius 1 is 1.47 bits per heavy atom. The predicted molar refractivity (Wildman–Crippen MR) is 70.0 cm³/mol. The Kier molecular flexibility index (Phi) is 4.32. The molecule has 0 bridgehead atoms. The van der Waals surface area contributed by atoms with E-state index >= 15 is 0 Å². The van der Waals surface area contributed by atoms with Gasteiger partial charge in [-0.1, -0.05) is 25.8 Å². The van der Waals surface area contributed by atoms with Crippen molar-refractivity contribution >= 4 is 13.1 Å². The topological polar surface area (TPSA) is 65.0 Å². The van der Waals surface area contributed by atoms with Crippen LogP contribution in [-0.2, 0) is 14.1 Å². The lowest BCUT2D eigenvalue weighted by molar-refractivity contribution is -0.136. The van der Waals surface area contributed by atoms with Gasteiger partial charge in [0.05, 0.1) is 7.11 Å². The molecule has 1 aliphatic heterocycles. The standard InChI is InChI=1S/C13H17BO5/c1-3-4-7-14-18-12(13(16)19-14)9-5-6-10(15)11(8-9)17-2/h5-6,8,12,15H,3-4,7H2,1-2H3. The predicted octanol–water partition coefficient (Wildman–Crippen LogP) is 2.30. The molecule has 0 aromatic heterocycles. The van der Waals surface area contributed by atoms with Crippen molar-refractivity contribution in [1.82, 2.24) is 0 Å². The number of carbonyl (C=O) groups excluding carboxylic acids is 1. The summed E-state index contributed by atoms with van der Waals surface area (Å²) in [7, 11) is 0.980. The van der Waals surface area contributed by atoms with Gasteiger partial charge in [-0.25, -0.2) is 0 Å². The normalized spacial score (nSPS) is 18.5. The van der Waals surface area contributed by atoms with Crippen LogP contribution in [0.4, 0.5) is 0 Å². The van der Waals surface area contributed by atoms with Gasteiger partial charge in [0.25, 0.3) is 0 Å². The van der Waals surface area contributed by atoms with Crippen molar-refractivity contribution in [2.45, 2.75) is 32.2 Å². The van der Waals surface area contributed by atoms with E-state index in [9.17, 15) is 9.90 Å². The van der Waals surface area contributed by atoms with Crippen molar-refractivity contribution in [3.05, 3.63) is 23.8 Å². The molecule has 1 N–H and O–H groups in total. The minimum absolute atomic E-state index is 0.0279. The van der Waals surface area contributed by atoms with E-state index in [-0.39, 0.29) is 5.75 Å². The molecule has 1 fully saturated rings. The lowest BCUT2D eigenvalue weighted by Gasteiger charge is -2.10. The molecule has 1 unspecified atom stereocenters. The monoisotopic (exact) mass is 264 g/mol. The summed E-state index contributed by atoms with van der Waals surface area (Å²) in [5.74, 6) is -0.0556. The summed E-state index contributed by atoms with van der Waals surface area (Å²) < 4.78 is 15.8. The second-order valence-electron chi connectivity index (χ2n) is 4.46. The number of aromatic hydroxyl groups is 1. The maximum Gasteiger partial charge on any atom is 0.528 e. The number of phenols is 1. The van der Waals surface area contributed by atoms with E-state index in [1.54, 1.807) is 12.1 Å². The number of methoxy groups -OCH3 is 1. The molecule has 0 saturated carbocycles. The third-order valence-electron chi connectivity index (χ3n) is 3.05. The largest absolute Gasteiger partial charge is 0.528 e. The summed E-state index contributed by atoms with van der Waals surface area (Å²) in [6.45, 7) is 2.07. The number of rotatable bonds is 5. The minimum atomic E-state index is -0.739. The SMILES string of the molecule is CCCCB1OC(=O)C(c2ccc(O)c(OC)c2)O1. The molecular formula is C13H17BO5. The lowest BCUT2D eigenvalue weighted by atomic mass is 9.83. The molecule has 1 aliphatic rings. The summed E-state index contributed by atoms with van der Waals surface area (Å²) in [4.78, 5) is 11.8. The highest BCUT2D eigenvalue weighted by molar-refractivity contribution is 6.48. The van der Waals surface area contributed by atoms with Crippen molar-refractivity contribution < 1.29 is 23.9 Å². The van der Waals surface area contributed by atoms with Gasteiger partial charge in [0, 0.05) is 0 Å². The van der Waals surface area contributed by atoms with Gasteiger partial charge in [-0.2, -0.15) is 0 Å². The quantitative estimate of drug-likeness (QED) is 0.826. The fourth-order valence-electron chi connectivity index (χ4n) is 2.00. The maximum atomic E-state index is 11.8. The van der Waals surface area contributed by atoms with Crippen LogP contribution >= 0.6 is 0 Å². The summed E-state index contributed by atoms with van der Waals surface area (Å²) in [5.41, 5.74) is 0.624. The van der Waals surface area contributed by atoms with E-state index in [2.05, 4.69) is 6.92 Å².